The van der Waals surface area contributed by atoms with E-state index in [1.165, 1.54) is 0 Å². The second-order valence-electron chi connectivity index (χ2n) is 1.90. The molecule has 0 saturated heterocycles. The molecule has 0 unspecified atom stereocenters. The van der Waals surface area contributed by atoms with Gasteiger partial charge in [0, 0.05) is 0 Å². The van der Waals surface area contributed by atoms with E-state index >= 15 is 0 Å². The van der Waals surface area contributed by atoms with Crippen molar-refractivity contribution in [2.45, 2.75) is 14.8 Å². The summed E-state index contributed by atoms with van der Waals surface area (Å²) in [6.07, 6.45) is 0. The van der Waals surface area contributed by atoms with Crippen LogP contribution in [0.4, 0.5) is 0 Å². The molecule has 0 rings (SSSR count). The maximum atomic E-state index is 8.75. The molecule has 0 amide bonds. The van der Waals surface area contributed by atoms with Crippen LogP contribution in [0.3, 0.4) is 0 Å². The first-order chi connectivity index (χ1) is 3.73. The second-order valence-corrected chi connectivity index (χ2v) is 13.3. The fraction of sp³-hybridized carbons (Fsp3) is 1.00. The summed E-state index contributed by atoms with van der Waals surface area (Å²) >= 11 is -6.40. The minimum atomic E-state index is -5.86. The van der Waals surface area contributed by atoms with Crippen molar-refractivity contribution in [3.63, 3.8) is 0 Å². The van der Waals surface area contributed by atoms with Crippen LogP contribution in [0.25, 0.3) is 0 Å². The molecule has 9 heavy (non-hydrogen) atoms. The van der Waals surface area contributed by atoms with Gasteiger partial charge in [-0.05, 0) is 0 Å². The topological polar surface area (TPSA) is 71.4 Å². The molecule has 0 heterocycles. The van der Waals surface area contributed by atoms with Crippen molar-refractivity contribution in [2.24, 2.45) is 0 Å². The van der Waals surface area contributed by atoms with Crippen LogP contribution in [0, 0.1) is 0 Å². The Morgan fingerprint density at radius 2 is 1.11 bits per heavy atom. The van der Waals surface area contributed by atoms with Gasteiger partial charge in [0.15, 0.2) is 0 Å². The zero-order valence-corrected chi connectivity index (χ0v) is 11.1. The summed E-state index contributed by atoms with van der Waals surface area (Å²) in [5.41, 5.74) is 0. The maximum absolute atomic E-state index is 8.75. The van der Waals surface area contributed by atoms with E-state index in [1.54, 1.807) is 0 Å². The molecule has 0 aliphatic rings. The van der Waals surface area contributed by atoms with Crippen LogP contribution in [-0.2, 0) is 26.2 Å². The summed E-state index contributed by atoms with van der Waals surface area (Å²) in [7, 11) is 0. The fourth-order valence-electron chi connectivity index (χ4n) is 0. The van der Waals surface area contributed by atoms with E-state index in [-0.39, 0.29) is 0 Å². The van der Waals surface area contributed by atoms with Gasteiger partial charge in [-0.15, -0.1) is 0 Å². The molecule has 1 N–H and O–H groups in total. The molecule has 6 heteroatoms. The molecule has 57 valence electrons. The molecular formula is C3H10O4ReSn. The standard InChI is InChI=1S/3CH3.H2O.3O.Re.Sn/h3*1H3;1H2;;;;;/q;;;;;;;+1;/p-1. The Kier molecular flexibility index (Phi) is 7.77. The second kappa shape index (κ2) is 5.59. The van der Waals surface area contributed by atoms with Gasteiger partial charge in [-0.1, -0.05) is 0 Å². The van der Waals surface area contributed by atoms with Gasteiger partial charge in [0.25, 0.3) is 0 Å². The molecule has 0 fully saturated rings. The van der Waals surface area contributed by atoms with Gasteiger partial charge in [-0.3, -0.25) is 0 Å². The van der Waals surface area contributed by atoms with Gasteiger partial charge in [-0.25, -0.2) is 0 Å². The van der Waals surface area contributed by atoms with Crippen molar-refractivity contribution in [3.05, 3.63) is 0 Å². The minimum absolute atomic E-state index is 0.543. The third kappa shape index (κ3) is 609. The number of hydrogen-bond acceptors (Lipinski definition) is 3. The van der Waals surface area contributed by atoms with Crippen LogP contribution < -0.4 is 0 Å². The first-order valence-electron chi connectivity index (χ1n) is 2.13. The Labute approximate surface area is 64.3 Å². The molecule has 0 saturated carbocycles. The molecule has 4 nitrogen and oxygen atoms in total. The Bertz CT molecular complexity index is 168. The summed E-state index contributed by atoms with van der Waals surface area (Å²) in [5, 5.41) is 0. The molecule has 0 spiro atoms. The van der Waals surface area contributed by atoms with Crippen molar-refractivity contribution in [1.82, 2.24) is 0 Å². The molecule has 0 atom stereocenters. The van der Waals surface area contributed by atoms with E-state index in [4.69, 9.17) is 14.2 Å². The third-order valence-corrected chi connectivity index (χ3v) is 0. The van der Waals surface area contributed by atoms with Crippen LogP contribution in [-0.4, -0.2) is 23.6 Å². The number of hydrogen-bond donors (Lipinski definition) is 1. The summed E-state index contributed by atoms with van der Waals surface area (Å²) in [5.74, 6) is 0. The third-order valence-electron chi connectivity index (χ3n) is 0. The normalized spacial score (nSPS) is 10.3. The van der Waals surface area contributed by atoms with E-state index in [2.05, 4.69) is 14.8 Å². The zero-order chi connectivity index (χ0) is 8.08. The first-order valence-corrected chi connectivity index (χ1v) is 15.2. The molecule has 0 aliphatic heterocycles. The Balaban J connectivity index is 0. The van der Waals surface area contributed by atoms with Gasteiger partial charge in [0.1, 0.15) is 0 Å². The van der Waals surface area contributed by atoms with Crippen LogP contribution in [0.1, 0.15) is 0 Å². The van der Waals surface area contributed by atoms with Gasteiger partial charge in [-0.2, -0.15) is 0 Å². The Morgan fingerprint density at radius 3 is 1.11 bits per heavy atom. The van der Waals surface area contributed by atoms with E-state index in [0.29, 0.717) is 0 Å². The molecule has 0 aliphatic carbocycles. The Morgan fingerprint density at radius 1 is 1.11 bits per heavy atom. The monoisotopic (exact) mass is 417 g/mol. The molecule has 0 aromatic heterocycles. The van der Waals surface area contributed by atoms with E-state index in [9.17, 15) is 0 Å². The molecule has 1 radical (unpaired) electrons. The molecule has 0 bridgehead atoms. The van der Waals surface area contributed by atoms with Crippen LogP contribution in [0.2, 0.25) is 14.8 Å². The average Bonchev–Trinajstić information content (AvgIpc) is 1.19. The molecular weight excluding hydrogens is 405 g/mol. The first kappa shape index (κ1) is 12.5. The molecule has 0 aromatic carbocycles. The SMILES string of the molecule is [CH3][Sn]([CH3])[CH3].[O]=[Re](=[O])(=[O])[OH]. The van der Waals surface area contributed by atoms with Gasteiger partial charge in [0.05, 0.1) is 0 Å². The Hall–Kier alpha value is 0.821. The van der Waals surface area contributed by atoms with Crippen LogP contribution in [0.5, 0.6) is 0 Å². The average molecular weight is 415 g/mol. The van der Waals surface area contributed by atoms with Gasteiger partial charge < -0.3 is 0 Å². The van der Waals surface area contributed by atoms with Crippen LogP contribution in [0.15, 0.2) is 0 Å². The van der Waals surface area contributed by atoms with E-state index in [1.807, 2.05) is 0 Å². The summed E-state index contributed by atoms with van der Waals surface area (Å²) in [4.78, 5) is 7.09. The van der Waals surface area contributed by atoms with Crippen molar-refractivity contribution in [3.8, 4) is 0 Å². The van der Waals surface area contributed by atoms with Crippen LogP contribution >= 0.6 is 0 Å². The molecule has 0 aromatic rings. The summed E-state index contributed by atoms with van der Waals surface area (Å²) < 4.78 is 33.3. The van der Waals surface area contributed by atoms with E-state index in [0.717, 1.165) is 0 Å². The van der Waals surface area contributed by atoms with Gasteiger partial charge in [0.2, 0.25) is 0 Å². The quantitative estimate of drug-likeness (QED) is 0.584. The predicted molar refractivity (Wildman–Crippen MR) is 27.6 cm³/mol. The van der Waals surface area contributed by atoms with Gasteiger partial charge >= 0.3 is 64.6 Å². The number of rotatable bonds is 0. The summed E-state index contributed by atoms with van der Waals surface area (Å²) in [6, 6.07) is 0. The summed E-state index contributed by atoms with van der Waals surface area (Å²) in [6.45, 7) is 0. The van der Waals surface area contributed by atoms with Crippen molar-refractivity contribution >= 4 is 19.8 Å². The predicted octanol–water partition coefficient (Wildman–Crippen LogP) is 0.455. The van der Waals surface area contributed by atoms with Crippen molar-refractivity contribution in [1.29, 1.82) is 0 Å². The van der Waals surface area contributed by atoms with Crippen molar-refractivity contribution < 1.29 is 30.0 Å². The fourth-order valence-corrected chi connectivity index (χ4v) is 0. The van der Waals surface area contributed by atoms with Crippen molar-refractivity contribution in [2.75, 3.05) is 0 Å². The van der Waals surface area contributed by atoms with E-state index < -0.39 is 35.5 Å². The zero-order valence-electron chi connectivity index (χ0n) is 5.55.